The summed E-state index contributed by atoms with van der Waals surface area (Å²) in [6.07, 6.45) is 0. The van der Waals surface area contributed by atoms with E-state index in [0.717, 1.165) is 13.8 Å². The van der Waals surface area contributed by atoms with E-state index in [2.05, 4.69) is 18.6 Å². The van der Waals surface area contributed by atoms with Crippen LogP contribution in [0.25, 0.3) is 11.1 Å². The van der Waals surface area contributed by atoms with Crippen molar-refractivity contribution in [1.82, 2.24) is 0 Å². The van der Waals surface area contributed by atoms with E-state index in [1.54, 1.807) is 0 Å². The standard InChI is InChI=1S/C6H7N4O5P/c1-3(11)5(9-7)14-16(13)15-6(10-8)4(2)12/h16H,1-2H3. The van der Waals surface area contributed by atoms with Crippen molar-refractivity contribution < 1.29 is 32.8 Å². The molecule has 0 atom stereocenters. The van der Waals surface area contributed by atoms with Gasteiger partial charge in [-0.1, -0.05) is 0 Å². The van der Waals surface area contributed by atoms with Gasteiger partial charge in [0.25, 0.3) is 11.6 Å². The number of Topliss-reactive ketones (excluding diaryl/α,β-unsaturated/α-hetero) is 2. The largest absolute Gasteiger partial charge is 0.525 e. The second kappa shape index (κ2) is 6.42. The molecule has 0 aromatic heterocycles. The van der Waals surface area contributed by atoms with Gasteiger partial charge >= 0.3 is 20.1 Å². The number of nitrogens with zero attached hydrogens (tertiary/aromatic N) is 4. The number of hydrogen-bond donors (Lipinski definition) is 0. The molecule has 0 rings (SSSR count). The highest BCUT2D eigenvalue weighted by Crippen LogP contribution is 2.24. The molecule has 0 saturated carbocycles. The Hall–Kier alpha value is -2.07. The molecule has 0 radical (unpaired) electrons. The Labute approximate surface area is 90.2 Å². The summed E-state index contributed by atoms with van der Waals surface area (Å²) in [5.74, 6) is -3.28. The number of hydrogen-bond acceptors (Lipinski definition) is 5. The maximum atomic E-state index is 11.0. The van der Waals surface area contributed by atoms with Crippen LogP contribution in [0.3, 0.4) is 0 Å². The van der Waals surface area contributed by atoms with Gasteiger partial charge in [0.05, 0.1) is 0 Å². The minimum Gasteiger partial charge on any atom is -0.357 e. The summed E-state index contributed by atoms with van der Waals surface area (Å²) >= 11 is 0. The number of carbonyl (C=O) groups is 2. The van der Waals surface area contributed by atoms with Crippen molar-refractivity contribution in [3.05, 3.63) is 11.1 Å². The highest BCUT2D eigenvalue weighted by atomic mass is 31.1. The van der Waals surface area contributed by atoms with E-state index < -0.39 is 31.6 Å². The van der Waals surface area contributed by atoms with Crippen molar-refractivity contribution in [2.75, 3.05) is 0 Å². The third kappa shape index (κ3) is 4.43. The maximum absolute atomic E-state index is 11.0. The van der Waals surface area contributed by atoms with Gasteiger partial charge in [-0.05, 0) is 0 Å². The van der Waals surface area contributed by atoms with Crippen LogP contribution >= 0.6 is 8.25 Å². The average molecular weight is 246 g/mol. The zero-order chi connectivity index (χ0) is 12.7. The molecule has 9 nitrogen and oxygen atoms in total. The van der Waals surface area contributed by atoms with Crippen molar-refractivity contribution >= 4 is 31.6 Å². The lowest BCUT2D eigenvalue weighted by atomic mass is 10.5. The number of carbonyl (C=O) groups excluding carboxylic acids is 2. The molecule has 0 fully saturated rings. The molecule has 10 heteroatoms. The molecule has 0 amide bonds. The first-order chi connectivity index (χ1) is 7.42. The Kier molecular flexibility index (Phi) is 5.59. The lowest BCUT2D eigenvalue weighted by Gasteiger charge is -1.97. The SMILES string of the molecule is CC(=O)C(=[N+]=[N-])O[PH](=O)OC(=[N+]=[N-])C(C)=O. The van der Waals surface area contributed by atoms with Crippen LogP contribution in [0.1, 0.15) is 13.8 Å². The molecule has 0 saturated heterocycles. The summed E-state index contributed by atoms with van der Waals surface area (Å²) in [6.45, 7) is 1.99. The van der Waals surface area contributed by atoms with Gasteiger partial charge in [0.1, 0.15) is 0 Å². The van der Waals surface area contributed by atoms with Gasteiger partial charge in [0.2, 0.25) is 0 Å². The van der Waals surface area contributed by atoms with Crippen LogP contribution in [0.4, 0.5) is 0 Å². The van der Waals surface area contributed by atoms with Gasteiger partial charge < -0.3 is 20.1 Å². The van der Waals surface area contributed by atoms with Crippen LogP contribution in [0.5, 0.6) is 0 Å². The number of ketones is 2. The molecule has 0 bridgehead atoms. The highest BCUT2D eigenvalue weighted by molar-refractivity contribution is 7.35. The molecular formula is C6H7N4O5P. The predicted molar refractivity (Wildman–Crippen MR) is 49.8 cm³/mol. The lowest BCUT2D eigenvalue weighted by Crippen LogP contribution is -2.16. The Bertz CT molecular complexity index is 406. The molecule has 0 aliphatic heterocycles. The van der Waals surface area contributed by atoms with Crippen LogP contribution in [0, 0.1) is 0 Å². The quantitative estimate of drug-likeness (QED) is 0.222. The average Bonchev–Trinajstić information content (AvgIpc) is 2.21. The lowest BCUT2D eigenvalue weighted by molar-refractivity contribution is -0.118. The van der Waals surface area contributed by atoms with Crippen LogP contribution in [0.2, 0.25) is 0 Å². The van der Waals surface area contributed by atoms with Crippen LogP contribution < -0.4 is 0 Å². The Morgan fingerprint density at radius 3 is 1.50 bits per heavy atom. The Balaban J connectivity index is 4.63. The van der Waals surface area contributed by atoms with Crippen LogP contribution in [0.15, 0.2) is 0 Å². The summed E-state index contributed by atoms with van der Waals surface area (Å²) in [5, 5.41) is 0. The number of rotatable bonds is 4. The van der Waals surface area contributed by atoms with Gasteiger partial charge in [-0.2, -0.15) is 0 Å². The molecule has 0 spiro atoms. The second-order valence-electron chi connectivity index (χ2n) is 2.38. The van der Waals surface area contributed by atoms with Crippen molar-refractivity contribution in [1.29, 1.82) is 0 Å². The zero-order valence-corrected chi connectivity index (χ0v) is 9.33. The molecule has 16 heavy (non-hydrogen) atoms. The van der Waals surface area contributed by atoms with Gasteiger partial charge in [-0.3, -0.25) is 9.59 Å². The molecule has 86 valence electrons. The van der Waals surface area contributed by atoms with E-state index in [4.69, 9.17) is 11.1 Å². The van der Waals surface area contributed by atoms with Gasteiger partial charge in [-0.25, -0.2) is 4.57 Å². The molecule has 0 aromatic rings. The van der Waals surface area contributed by atoms with Crippen molar-refractivity contribution in [3.8, 4) is 0 Å². The summed E-state index contributed by atoms with van der Waals surface area (Å²) in [6, 6.07) is 0. The monoisotopic (exact) mass is 246 g/mol. The molecule has 0 aromatic carbocycles. The summed E-state index contributed by atoms with van der Waals surface area (Å²) < 4.78 is 19.6. The Morgan fingerprint density at radius 1 is 1.00 bits per heavy atom. The fourth-order valence-electron chi connectivity index (χ4n) is 0.504. The summed E-state index contributed by atoms with van der Waals surface area (Å²) in [4.78, 5) is 26.1. The van der Waals surface area contributed by atoms with E-state index in [0.29, 0.717) is 0 Å². The molecule has 0 aliphatic carbocycles. The topological polar surface area (TPSA) is 142 Å². The fourth-order valence-corrected chi connectivity index (χ4v) is 1.23. The normalized spacial score (nSPS) is 10.4. The van der Waals surface area contributed by atoms with Crippen molar-refractivity contribution in [3.63, 3.8) is 0 Å². The van der Waals surface area contributed by atoms with Crippen molar-refractivity contribution in [2.45, 2.75) is 13.8 Å². The summed E-state index contributed by atoms with van der Waals surface area (Å²) in [7, 11) is -3.37. The zero-order valence-electron chi connectivity index (χ0n) is 8.33. The predicted octanol–water partition coefficient (Wildman–Crippen LogP) is -0.156. The molecule has 0 heterocycles. The van der Waals surface area contributed by atoms with Crippen molar-refractivity contribution in [2.24, 2.45) is 0 Å². The first kappa shape index (κ1) is 13.9. The van der Waals surface area contributed by atoms with E-state index in [-0.39, 0.29) is 0 Å². The maximum Gasteiger partial charge on any atom is 0.525 e. The first-order valence-electron chi connectivity index (χ1n) is 3.78. The Morgan fingerprint density at radius 2 is 1.31 bits per heavy atom. The summed E-state index contributed by atoms with van der Waals surface area (Å²) in [5.41, 5.74) is 16.5. The minimum absolute atomic E-state index is 0.797. The van der Waals surface area contributed by atoms with Gasteiger partial charge in [-0.15, -0.1) is 9.58 Å². The van der Waals surface area contributed by atoms with E-state index in [1.165, 1.54) is 0 Å². The molecule has 0 N–H and O–H groups in total. The molecular weight excluding hydrogens is 239 g/mol. The van der Waals surface area contributed by atoms with E-state index in [1.807, 2.05) is 0 Å². The van der Waals surface area contributed by atoms with Crippen LogP contribution in [-0.2, 0) is 23.2 Å². The minimum atomic E-state index is -3.37. The van der Waals surface area contributed by atoms with E-state index in [9.17, 15) is 14.2 Å². The van der Waals surface area contributed by atoms with Gasteiger partial charge in [0, 0.05) is 13.8 Å². The molecule has 0 unspecified atom stereocenters. The fraction of sp³-hybridized carbons (Fsp3) is 0.333. The van der Waals surface area contributed by atoms with E-state index >= 15 is 0 Å². The van der Waals surface area contributed by atoms with Crippen LogP contribution in [-0.4, -0.2) is 32.9 Å². The smallest absolute Gasteiger partial charge is 0.357 e. The third-order valence-electron chi connectivity index (χ3n) is 1.14. The molecule has 0 aliphatic rings. The first-order valence-corrected chi connectivity index (χ1v) is 5.00. The van der Waals surface area contributed by atoms with Gasteiger partial charge in [0.15, 0.2) is 0 Å². The second-order valence-corrected chi connectivity index (χ2v) is 3.29. The third-order valence-corrected chi connectivity index (χ3v) is 1.86. The highest BCUT2D eigenvalue weighted by Gasteiger charge is 2.26.